The molecule has 0 aliphatic carbocycles. The lowest BCUT2D eigenvalue weighted by atomic mass is 10.1. The summed E-state index contributed by atoms with van der Waals surface area (Å²) in [6.07, 6.45) is 1.20. The lowest BCUT2D eigenvalue weighted by molar-refractivity contribution is 0.628. The number of nitrogens with zero attached hydrogens (tertiary/aromatic N) is 2. The molecule has 0 fully saturated rings. The Balaban J connectivity index is 3.32. The van der Waals surface area contributed by atoms with Gasteiger partial charge in [0, 0.05) is 0 Å². The van der Waals surface area contributed by atoms with Crippen molar-refractivity contribution in [3.8, 4) is 12.1 Å². The van der Waals surface area contributed by atoms with Crippen LogP contribution in [0.2, 0.25) is 10.0 Å². The molecule has 0 N–H and O–H groups in total. The molecular formula is C10H3Cl2FN2. The second kappa shape index (κ2) is 4.79. The van der Waals surface area contributed by atoms with Crippen molar-refractivity contribution in [2.45, 2.75) is 0 Å². The van der Waals surface area contributed by atoms with E-state index in [0.29, 0.717) is 0 Å². The summed E-state index contributed by atoms with van der Waals surface area (Å²) in [4.78, 5) is 0. The molecule has 2 nitrogen and oxygen atoms in total. The number of benzene rings is 1. The molecule has 1 aromatic rings. The van der Waals surface area contributed by atoms with Crippen LogP contribution in [0.15, 0.2) is 17.7 Å². The Bertz CT molecular complexity index is 493. The summed E-state index contributed by atoms with van der Waals surface area (Å²) < 4.78 is 13.2. The zero-order valence-electron chi connectivity index (χ0n) is 7.26. The van der Waals surface area contributed by atoms with E-state index in [-0.39, 0.29) is 21.2 Å². The second-order valence-corrected chi connectivity index (χ2v) is 3.33. The van der Waals surface area contributed by atoms with E-state index in [9.17, 15) is 4.39 Å². The highest BCUT2D eigenvalue weighted by Crippen LogP contribution is 2.27. The van der Waals surface area contributed by atoms with Crippen LogP contribution in [0.4, 0.5) is 4.39 Å². The highest BCUT2D eigenvalue weighted by Gasteiger charge is 2.09. The molecule has 0 unspecified atom stereocenters. The molecule has 0 saturated heterocycles. The van der Waals surface area contributed by atoms with Crippen LogP contribution in [0.5, 0.6) is 0 Å². The predicted octanol–water partition coefficient (Wildman–Crippen LogP) is 3.56. The Morgan fingerprint density at radius 2 is 1.87 bits per heavy atom. The van der Waals surface area contributed by atoms with E-state index in [4.69, 9.17) is 33.7 Å². The third-order valence-electron chi connectivity index (χ3n) is 1.61. The molecule has 0 aromatic heterocycles. The molecule has 0 bridgehead atoms. The van der Waals surface area contributed by atoms with Crippen molar-refractivity contribution in [2.24, 2.45) is 0 Å². The van der Waals surface area contributed by atoms with Gasteiger partial charge in [0.1, 0.15) is 17.7 Å². The van der Waals surface area contributed by atoms with Gasteiger partial charge in [-0.15, -0.1) is 0 Å². The van der Waals surface area contributed by atoms with Crippen molar-refractivity contribution < 1.29 is 4.39 Å². The largest absolute Gasteiger partial charge is 0.204 e. The summed E-state index contributed by atoms with van der Waals surface area (Å²) in [6, 6.07) is 6.03. The summed E-state index contributed by atoms with van der Waals surface area (Å²) in [5, 5.41) is 16.7. The fraction of sp³-hybridized carbons (Fsp3) is 0. The van der Waals surface area contributed by atoms with Gasteiger partial charge in [0.05, 0.1) is 10.0 Å². The van der Waals surface area contributed by atoms with Crippen LogP contribution in [0, 0.1) is 28.5 Å². The Morgan fingerprint density at radius 3 is 2.40 bits per heavy atom. The molecule has 1 aromatic carbocycles. The average molecular weight is 241 g/mol. The molecule has 0 radical (unpaired) electrons. The summed E-state index contributed by atoms with van der Waals surface area (Å²) in [7, 11) is 0. The fourth-order valence-electron chi connectivity index (χ4n) is 0.897. The van der Waals surface area contributed by atoms with E-state index in [1.807, 2.05) is 0 Å². The number of rotatable bonds is 1. The van der Waals surface area contributed by atoms with Crippen molar-refractivity contribution in [3.05, 3.63) is 39.1 Å². The first-order chi connectivity index (χ1) is 7.10. The summed E-state index contributed by atoms with van der Waals surface area (Å²) in [6.45, 7) is 0. The van der Waals surface area contributed by atoms with E-state index in [1.165, 1.54) is 18.2 Å². The van der Waals surface area contributed by atoms with Gasteiger partial charge in [-0.2, -0.15) is 10.5 Å². The van der Waals surface area contributed by atoms with Crippen LogP contribution in [-0.4, -0.2) is 0 Å². The minimum atomic E-state index is -0.762. The molecule has 0 amide bonds. The number of halogens is 3. The Morgan fingerprint density at radius 1 is 1.27 bits per heavy atom. The molecule has 0 spiro atoms. The lowest BCUT2D eigenvalue weighted by Crippen LogP contribution is -1.84. The summed E-state index contributed by atoms with van der Waals surface area (Å²) in [5.41, 5.74) is 0.0929. The molecule has 0 aliphatic rings. The first kappa shape index (κ1) is 11.5. The SMILES string of the molecule is N#CC(C#N)=Cc1ccc(Cl)c(F)c1Cl. The third kappa shape index (κ3) is 2.47. The zero-order chi connectivity index (χ0) is 11.4. The van der Waals surface area contributed by atoms with Crippen LogP contribution in [-0.2, 0) is 0 Å². The van der Waals surface area contributed by atoms with Gasteiger partial charge in [0.25, 0.3) is 0 Å². The first-order valence-electron chi connectivity index (χ1n) is 3.75. The van der Waals surface area contributed by atoms with Gasteiger partial charge < -0.3 is 0 Å². The third-order valence-corrected chi connectivity index (χ3v) is 2.28. The summed E-state index contributed by atoms with van der Waals surface area (Å²) in [5.74, 6) is -0.762. The van der Waals surface area contributed by atoms with Crippen LogP contribution < -0.4 is 0 Å². The van der Waals surface area contributed by atoms with Gasteiger partial charge in [0.15, 0.2) is 5.82 Å². The molecule has 1 rings (SSSR count). The highest BCUT2D eigenvalue weighted by atomic mass is 35.5. The molecule has 0 saturated carbocycles. The van der Waals surface area contributed by atoms with E-state index in [1.54, 1.807) is 12.1 Å². The van der Waals surface area contributed by atoms with Crippen LogP contribution in [0.1, 0.15) is 5.56 Å². The normalized spacial score (nSPS) is 8.87. The second-order valence-electron chi connectivity index (χ2n) is 2.55. The van der Waals surface area contributed by atoms with Gasteiger partial charge >= 0.3 is 0 Å². The van der Waals surface area contributed by atoms with E-state index >= 15 is 0 Å². The lowest BCUT2D eigenvalue weighted by Gasteiger charge is -2.00. The molecule has 5 heteroatoms. The molecule has 0 aliphatic heterocycles. The quantitative estimate of drug-likeness (QED) is 0.557. The van der Waals surface area contributed by atoms with E-state index < -0.39 is 5.82 Å². The summed E-state index contributed by atoms with van der Waals surface area (Å²) >= 11 is 11.1. The molecule has 0 atom stereocenters. The smallest absolute Gasteiger partial charge is 0.160 e. The topological polar surface area (TPSA) is 47.6 Å². The molecule has 15 heavy (non-hydrogen) atoms. The Labute approximate surface area is 95.8 Å². The van der Waals surface area contributed by atoms with Crippen molar-refractivity contribution >= 4 is 29.3 Å². The standard InChI is InChI=1S/C10H3Cl2FN2/c11-8-2-1-7(9(12)10(8)13)3-6(4-14)5-15/h1-3H. The monoisotopic (exact) mass is 240 g/mol. The van der Waals surface area contributed by atoms with Crippen LogP contribution >= 0.6 is 23.2 Å². The van der Waals surface area contributed by atoms with Gasteiger partial charge in [-0.3, -0.25) is 0 Å². The first-order valence-corrected chi connectivity index (χ1v) is 4.51. The van der Waals surface area contributed by atoms with Crippen molar-refractivity contribution in [1.29, 1.82) is 10.5 Å². The maximum atomic E-state index is 13.2. The van der Waals surface area contributed by atoms with Crippen molar-refractivity contribution in [1.82, 2.24) is 0 Å². The van der Waals surface area contributed by atoms with Crippen LogP contribution in [0.3, 0.4) is 0 Å². The maximum absolute atomic E-state index is 13.2. The van der Waals surface area contributed by atoms with Gasteiger partial charge in [-0.25, -0.2) is 4.39 Å². The molecule has 0 heterocycles. The predicted molar refractivity (Wildman–Crippen MR) is 55.6 cm³/mol. The van der Waals surface area contributed by atoms with E-state index in [2.05, 4.69) is 0 Å². The maximum Gasteiger partial charge on any atom is 0.160 e. The van der Waals surface area contributed by atoms with Crippen molar-refractivity contribution in [2.75, 3.05) is 0 Å². The number of nitriles is 2. The Hall–Kier alpha value is -1.55. The van der Waals surface area contributed by atoms with Gasteiger partial charge in [0.2, 0.25) is 0 Å². The Kier molecular flexibility index (Phi) is 3.68. The fourth-order valence-corrected chi connectivity index (χ4v) is 1.32. The minimum absolute atomic E-state index is 0.104. The average Bonchev–Trinajstić information content (AvgIpc) is 2.25. The number of hydrogen-bond acceptors (Lipinski definition) is 2. The van der Waals surface area contributed by atoms with Crippen molar-refractivity contribution in [3.63, 3.8) is 0 Å². The molecule has 74 valence electrons. The number of allylic oxidation sites excluding steroid dienone is 1. The minimum Gasteiger partial charge on any atom is -0.204 e. The molecular weight excluding hydrogens is 238 g/mol. The highest BCUT2D eigenvalue weighted by molar-refractivity contribution is 6.35. The number of hydrogen-bond donors (Lipinski definition) is 0. The van der Waals surface area contributed by atoms with Gasteiger partial charge in [-0.05, 0) is 17.7 Å². The van der Waals surface area contributed by atoms with Gasteiger partial charge in [-0.1, -0.05) is 29.3 Å². The van der Waals surface area contributed by atoms with E-state index in [0.717, 1.165) is 0 Å². The zero-order valence-corrected chi connectivity index (χ0v) is 8.77. The van der Waals surface area contributed by atoms with Crippen LogP contribution in [0.25, 0.3) is 6.08 Å².